The highest BCUT2D eigenvalue weighted by Crippen LogP contribution is 2.43. The number of carbonyl (C=O) groups excluding carboxylic acids is 1. The molecule has 1 aliphatic carbocycles. The second-order valence-electron chi connectivity index (χ2n) is 15.4. The summed E-state index contributed by atoms with van der Waals surface area (Å²) in [5, 5.41) is 20.0. The zero-order valence-corrected chi connectivity index (χ0v) is 39.5. The maximum absolute atomic E-state index is 13.7. The average molecular weight is 921 g/mol. The third kappa shape index (κ3) is 9.89. The number of carbonyl (C=O) groups is 2. The lowest BCUT2D eigenvalue weighted by atomic mass is 9.90. The van der Waals surface area contributed by atoms with Gasteiger partial charge in [-0.1, -0.05) is 43.6 Å². The van der Waals surface area contributed by atoms with Gasteiger partial charge in [-0.3, -0.25) is 4.79 Å². The summed E-state index contributed by atoms with van der Waals surface area (Å²) in [6.45, 7) is 17.3. The van der Waals surface area contributed by atoms with E-state index in [0.29, 0.717) is 57.7 Å². The summed E-state index contributed by atoms with van der Waals surface area (Å²) >= 11 is 12.1. The maximum Gasteiger partial charge on any atom is 0.336 e. The molecule has 1 aliphatic heterocycles. The van der Waals surface area contributed by atoms with E-state index in [1.807, 2.05) is 88.3 Å². The number of thiocarbonyl (C=S) groups is 1. The predicted octanol–water partition coefficient (Wildman–Crippen LogP) is 7.53. The fourth-order valence-electron chi connectivity index (χ4n) is 8.41. The SMILES string of the molecule is CCCN(CCC)C(=O)Cc1c(-c2ccc(Cl)cc2)nc2c(NC(=S)Nc3ccc(-c4c5ccc(=[N+](CC)CC)cc-5oc5cc(N(CC)CC)ccc45)c(C(=O)O)c3)cccn12.[Cl-]. The molecule has 0 spiro atoms. The van der Waals surface area contributed by atoms with Crippen LogP contribution in [0.2, 0.25) is 5.02 Å². The van der Waals surface area contributed by atoms with Crippen LogP contribution in [0.3, 0.4) is 0 Å². The Morgan fingerprint density at radius 3 is 2.22 bits per heavy atom. The van der Waals surface area contributed by atoms with Crippen LogP contribution < -0.4 is 37.9 Å². The van der Waals surface area contributed by atoms with Gasteiger partial charge in [0.2, 0.25) is 11.3 Å². The van der Waals surface area contributed by atoms with Crippen molar-refractivity contribution in [3.63, 3.8) is 0 Å². The zero-order valence-electron chi connectivity index (χ0n) is 37.2. The first-order chi connectivity index (χ1) is 30.5. The van der Waals surface area contributed by atoms with E-state index < -0.39 is 5.97 Å². The van der Waals surface area contributed by atoms with Crippen LogP contribution in [0.4, 0.5) is 17.1 Å². The number of nitrogens with zero attached hydrogens (tertiary/aromatic N) is 5. The van der Waals surface area contributed by atoms with Crippen molar-refractivity contribution in [2.75, 3.05) is 54.8 Å². The number of fused-ring (bicyclic) bond motifs is 3. The van der Waals surface area contributed by atoms with Crippen LogP contribution in [0.5, 0.6) is 0 Å². The number of rotatable bonds is 16. The predicted molar refractivity (Wildman–Crippen MR) is 261 cm³/mol. The van der Waals surface area contributed by atoms with Crippen LogP contribution in [-0.4, -0.2) is 75.6 Å². The molecular formula is C50H55Cl2N7O4S. The Hall–Kier alpha value is -5.95. The van der Waals surface area contributed by atoms with Crippen molar-refractivity contribution in [2.45, 2.75) is 60.8 Å². The number of amides is 1. The Bertz CT molecular complexity index is 2840. The molecule has 0 atom stereocenters. The fourth-order valence-corrected chi connectivity index (χ4v) is 8.76. The molecule has 334 valence electrons. The molecule has 5 aromatic rings. The summed E-state index contributed by atoms with van der Waals surface area (Å²) in [5.41, 5.74) is 7.88. The van der Waals surface area contributed by atoms with Crippen molar-refractivity contribution >= 4 is 74.5 Å². The molecule has 1 amide bonds. The average Bonchev–Trinajstić information content (AvgIpc) is 3.65. The van der Waals surface area contributed by atoms with Crippen LogP contribution in [-0.2, 0) is 11.2 Å². The van der Waals surface area contributed by atoms with Gasteiger partial charge in [0.1, 0.15) is 24.4 Å². The molecule has 0 fully saturated rings. The first-order valence-corrected chi connectivity index (χ1v) is 22.6. The lowest BCUT2D eigenvalue weighted by Crippen LogP contribution is -3.00. The van der Waals surface area contributed by atoms with Crippen molar-refractivity contribution in [2.24, 2.45) is 0 Å². The minimum Gasteiger partial charge on any atom is -1.00 e. The van der Waals surface area contributed by atoms with Gasteiger partial charge in [0.15, 0.2) is 10.8 Å². The summed E-state index contributed by atoms with van der Waals surface area (Å²) in [7, 11) is 0. The number of anilines is 3. The maximum atomic E-state index is 13.7. The Labute approximate surface area is 391 Å². The Balaban J connectivity index is 0.00000680. The van der Waals surface area contributed by atoms with Crippen LogP contribution in [0.15, 0.2) is 102 Å². The highest BCUT2D eigenvalue weighted by Gasteiger charge is 2.25. The van der Waals surface area contributed by atoms with Gasteiger partial charge in [-0.2, -0.15) is 0 Å². The number of nitrogens with one attached hydrogen (secondary N) is 2. The van der Waals surface area contributed by atoms with Gasteiger partial charge >= 0.3 is 5.97 Å². The normalized spacial score (nSPS) is 11.1. The van der Waals surface area contributed by atoms with Gasteiger partial charge in [0.05, 0.1) is 35.1 Å². The summed E-state index contributed by atoms with van der Waals surface area (Å²) in [6.07, 6.45) is 3.78. The molecule has 7 rings (SSSR count). The van der Waals surface area contributed by atoms with Crippen LogP contribution in [0, 0.1) is 0 Å². The molecule has 0 radical (unpaired) electrons. The number of pyridine rings is 1. The smallest absolute Gasteiger partial charge is 0.336 e. The van der Waals surface area contributed by atoms with Crippen molar-refractivity contribution in [1.29, 1.82) is 0 Å². The van der Waals surface area contributed by atoms with Crippen molar-refractivity contribution < 1.29 is 31.5 Å². The van der Waals surface area contributed by atoms with Crippen LogP contribution >= 0.6 is 23.8 Å². The van der Waals surface area contributed by atoms with Gasteiger partial charge in [-0.15, -0.1) is 0 Å². The topological polar surface area (TPSA) is 118 Å². The third-order valence-corrected chi connectivity index (χ3v) is 12.0. The second kappa shape index (κ2) is 21.2. The first-order valence-electron chi connectivity index (χ1n) is 21.8. The number of carboxylic acids is 1. The number of hydrogen-bond acceptors (Lipinski definition) is 6. The molecule has 0 saturated heterocycles. The third-order valence-electron chi connectivity index (χ3n) is 11.5. The van der Waals surface area contributed by atoms with Gasteiger partial charge in [-0.25, -0.2) is 14.4 Å². The van der Waals surface area contributed by atoms with E-state index in [9.17, 15) is 14.7 Å². The van der Waals surface area contributed by atoms with Gasteiger partial charge in [0.25, 0.3) is 0 Å². The number of imidazole rings is 1. The monoisotopic (exact) mass is 919 g/mol. The van der Waals surface area contributed by atoms with E-state index in [4.69, 9.17) is 33.2 Å². The number of hydrogen-bond donors (Lipinski definition) is 3. The molecule has 3 heterocycles. The Morgan fingerprint density at radius 2 is 1.56 bits per heavy atom. The van der Waals surface area contributed by atoms with E-state index in [0.717, 1.165) is 77.8 Å². The van der Waals surface area contributed by atoms with E-state index >= 15 is 0 Å². The van der Waals surface area contributed by atoms with Gasteiger partial charge in [-0.05, 0) is 113 Å². The van der Waals surface area contributed by atoms with Gasteiger partial charge in [0, 0.05) is 83.0 Å². The standard InChI is InChI=1S/C50H54ClN7O4S.ClH/c1-7-25-57(26-8-2)45(59)31-42-47(32-15-17-33(51)18-16-32)54-48-41(14-13-27-58(42)48)53-50(63)52-34-19-22-37(40(28-34)49(60)61)46-38-23-20-35(55(9-3)10-4)29-43(38)62-44-30-36(21-24-39(44)46)56(11-5)12-6;/h13-24,27-30H,7-12,25-26,31H2,1-6H3,(H2,53,60,61,63);1H. The molecule has 0 saturated carbocycles. The number of aromatic carboxylic acids is 1. The summed E-state index contributed by atoms with van der Waals surface area (Å²) in [6, 6.07) is 28.7. The van der Waals surface area contributed by atoms with Crippen molar-refractivity contribution in [3.05, 3.63) is 119 Å². The highest BCUT2D eigenvalue weighted by atomic mass is 35.5. The molecule has 2 aliphatic rings. The van der Waals surface area contributed by atoms with Crippen molar-refractivity contribution in [3.8, 4) is 33.7 Å². The van der Waals surface area contributed by atoms with E-state index in [1.165, 1.54) is 0 Å². The largest absolute Gasteiger partial charge is 1.00 e. The first kappa shape index (κ1) is 47.5. The van der Waals surface area contributed by atoms with Crippen LogP contribution in [0.25, 0.3) is 50.3 Å². The van der Waals surface area contributed by atoms with E-state index in [1.54, 1.807) is 6.07 Å². The lowest BCUT2D eigenvalue weighted by Gasteiger charge is -2.22. The molecule has 64 heavy (non-hydrogen) atoms. The quantitative estimate of drug-likeness (QED) is 0.0514. The minimum atomic E-state index is -1.08. The fraction of sp³-hybridized carbons (Fsp3) is 0.300. The Morgan fingerprint density at radius 1 is 0.859 bits per heavy atom. The van der Waals surface area contributed by atoms with E-state index in [-0.39, 0.29) is 35.4 Å². The summed E-state index contributed by atoms with van der Waals surface area (Å²) in [4.78, 5) is 36.2. The molecule has 0 bridgehead atoms. The summed E-state index contributed by atoms with van der Waals surface area (Å²) in [5.74, 6) is -0.380. The van der Waals surface area contributed by atoms with Crippen molar-refractivity contribution in [1.82, 2.24) is 18.9 Å². The number of aromatic nitrogens is 2. The van der Waals surface area contributed by atoms with Gasteiger partial charge < -0.3 is 46.8 Å². The lowest BCUT2D eigenvalue weighted by molar-refractivity contribution is -0.130. The molecule has 14 heteroatoms. The molecule has 3 aromatic carbocycles. The highest BCUT2D eigenvalue weighted by molar-refractivity contribution is 7.80. The zero-order chi connectivity index (χ0) is 44.8. The second-order valence-corrected chi connectivity index (χ2v) is 16.3. The summed E-state index contributed by atoms with van der Waals surface area (Å²) < 4.78 is 10.8. The molecule has 11 nitrogen and oxygen atoms in total. The minimum absolute atomic E-state index is 0. The molecule has 2 aromatic heterocycles. The molecular weight excluding hydrogens is 866 g/mol. The van der Waals surface area contributed by atoms with Crippen LogP contribution in [0.1, 0.15) is 70.4 Å². The number of halogens is 2. The Kier molecular flexibility index (Phi) is 15.7. The number of benzene rings is 4. The van der Waals surface area contributed by atoms with E-state index in [2.05, 4.69) is 73.8 Å². The number of carboxylic acid groups (broad SMARTS) is 1. The molecule has 3 N–H and O–H groups in total. The molecule has 0 unspecified atom stereocenters.